The van der Waals surface area contributed by atoms with E-state index in [-0.39, 0.29) is 5.69 Å². The van der Waals surface area contributed by atoms with Crippen LogP contribution < -0.4 is 5.32 Å². The van der Waals surface area contributed by atoms with Crippen molar-refractivity contribution in [1.82, 2.24) is 4.98 Å². The van der Waals surface area contributed by atoms with E-state index >= 15 is 0 Å². The predicted octanol–water partition coefficient (Wildman–Crippen LogP) is 2.78. The Labute approximate surface area is 114 Å². The van der Waals surface area contributed by atoms with E-state index in [4.69, 9.17) is 4.74 Å². The number of benzene rings is 1. The number of nitrogens with one attached hydrogen (secondary N) is 1. The van der Waals surface area contributed by atoms with Crippen LogP contribution in [0.3, 0.4) is 0 Å². The van der Waals surface area contributed by atoms with Crippen LogP contribution in [0.5, 0.6) is 0 Å². The highest BCUT2D eigenvalue weighted by molar-refractivity contribution is 7.18. The summed E-state index contributed by atoms with van der Waals surface area (Å²) < 4.78 is 4.94. The number of aromatic nitrogens is 1. The fourth-order valence-electron chi connectivity index (χ4n) is 1.52. The largest absolute Gasteiger partial charge is 0.383 e. The van der Waals surface area contributed by atoms with Crippen molar-refractivity contribution >= 4 is 22.2 Å². The summed E-state index contributed by atoms with van der Waals surface area (Å²) in [7, 11) is 1.64. The summed E-state index contributed by atoms with van der Waals surface area (Å²) in [5.41, 5.74) is 0.881. The first-order chi connectivity index (χ1) is 9.20. The zero-order chi connectivity index (χ0) is 13.7. The van der Waals surface area contributed by atoms with Crippen LogP contribution in [0.4, 0.5) is 10.8 Å². The highest BCUT2D eigenvalue weighted by atomic mass is 32.1. The molecule has 0 unspecified atom stereocenters. The van der Waals surface area contributed by atoms with E-state index in [2.05, 4.69) is 10.3 Å². The number of nitro benzene ring substituents is 1. The summed E-state index contributed by atoms with van der Waals surface area (Å²) in [5.74, 6) is 0. The summed E-state index contributed by atoms with van der Waals surface area (Å²) in [6, 6.07) is 6.53. The van der Waals surface area contributed by atoms with Gasteiger partial charge in [-0.1, -0.05) is 23.5 Å². The smallest absolute Gasteiger partial charge is 0.270 e. The lowest BCUT2D eigenvalue weighted by Gasteiger charge is -2.00. The Hall–Kier alpha value is -1.99. The second-order valence-corrected chi connectivity index (χ2v) is 4.79. The predicted molar refractivity (Wildman–Crippen MR) is 74.6 cm³/mol. The standard InChI is InChI=1S/C12H13N3O3S/c1-18-6-5-13-12-14-8-11(19-12)9-3-2-4-10(7-9)15(16)17/h2-4,7-8H,5-6H2,1H3,(H,13,14). The molecule has 1 N–H and O–H groups in total. The van der Waals surface area contributed by atoms with Crippen molar-refractivity contribution in [3.05, 3.63) is 40.6 Å². The van der Waals surface area contributed by atoms with Crippen LogP contribution in [-0.4, -0.2) is 30.2 Å². The van der Waals surface area contributed by atoms with Crippen LogP contribution in [0, 0.1) is 10.1 Å². The molecule has 0 saturated heterocycles. The van der Waals surface area contributed by atoms with Gasteiger partial charge in [0.25, 0.3) is 5.69 Å². The molecule has 0 aliphatic carbocycles. The molecule has 0 aliphatic rings. The number of nitro groups is 1. The number of thiazole rings is 1. The molecule has 0 amide bonds. The van der Waals surface area contributed by atoms with Gasteiger partial charge in [0.1, 0.15) is 0 Å². The van der Waals surface area contributed by atoms with Gasteiger partial charge < -0.3 is 10.1 Å². The molecule has 0 radical (unpaired) electrons. The van der Waals surface area contributed by atoms with Gasteiger partial charge in [-0.15, -0.1) is 0 Å². The minimum atomic E-state index is -0.401. The highest BCUT2D eigenvalue weighted by Crippen LogP contribution is 2.30. The Bertz CT molecular complexity index is 571. The number of hydrogen-bond acceptors (Lipinski definition) is 6. The summed E-state index contributed by atoms with van der Waals surface area (Å²) in [6.45, 7) is 1.28. The van der Waals surface area contributed by atoms with Gasteiger partial charge in [-0.2, -0.15) is 0 Å². The molecule has 7 heteroatoms. The molecule has 0 spiro atoms. The lowest BCUT2D eigenvalue weighted by molar-refractivity contribution is -0.384. The lowest BCUT2D eigenvalue weighted by Crippen LogP contribution is -2.06. The molecule has 0 atom stereocenters. The van der Waals surface area contributed by atoms with Crippen LogP contribution in [0.25, 0.3) is 10.4 Å². The monoisotopic (exact) mass is 279 g/mol. The topological polar surface area (TPSA) is 77.3 Å². The first kappa shape index (κ1) is 13.4. The van der Waals surface area contributed by atoms with Crippen molar-refractivity contribution in [1.29, 1.82) is 0 Å². The Balaban J connectivity index is 2.13. The van der Waals surface area contributed by atoms with Gasteiger partial charge >= 0.3 is 0 Å². The number of nitrogens with zero attached hydrogens (tertiary/aromatic N) is 2. The molecule has 0 bridgehead atoms. The molecule has 1 aromatic carbocycles. The van der Waals surface area contributed by atoms with Crippen molar-refractivity contribution in [2.75, 3.05) is 25.6 Å². The molecule has 1 aromatic heterocycles. The van der Waals surface area contributed by atoms with Crippen LogP contribution in [0.1, 0.15) is 0 Å². The van der Waals surface area contributed by atoms with Gasteiger partial charge in [0, 0.05) is 37.5 Å². The van der Waals surface area contributed by atoms with Crippen LogP contribution in [0.2, 0.25) is 0 Å². The number of anilines is 1. The highest BCUT2D eigenvalue weighted by Gasteiger charge is 2.09. The van der Waals surface area contributed by atoms with Gasteiger partial charge in [-0.3, -0.25) is 10.1 Å². The summed E-state index contributed by atoms with van der Waals surface area (Å²) in [4.78, 5) is 15.4. The number of methoxy groups -OCH3 is 1. The van der Waals surface area contributed by atoms with E-state index in [0.717, 1.165) is 15.6 Å². The molecule has 0 saturated carbocycles. The van der Waals surface area contributed by atoms with Gasteiger partial charge in [0.15, 0.2) is 5.13 Å². The maximum Gasteiger partial charge on any atom is 0.270 e. The third-order valence-electron chi connectivity index (χ3n) is 2.43. The van der Waals surface area contributed by atoms with Gasteiger partial charge in [0.2, 0.25) is 0 Å². The van der Waals surface area contributed by atoms with E-state index in [1.807, 2.05) is 6.07 Å². The Kier molecular flexibility index (Phi) is 4.43. The quantitative estimate of drug-likeness (QED) is 0.500. The maximum absolute atomic E-state index is 10.7. The van der Waals surface area contributed by atoms with Gasteiger partial charge in [-0.05, 0) is 0 Å². The van der Waals surface area contributed by atoms with Crippen LogP contribution in [-0.2, 0) is 4.74 Å². The number of non-ortho nitro benzene ring substituents is 1. The number of ether oxygens (including phenoxy) is 1. The molecule has 19 heavy (non-hydrogen) atoms. The van der Waals surface area contributed by atoms with E-state index < -0.39 is 4.92 Å². The van der Waals surface area contributed by atoms with E-state index in [0.29, 0.717) is 13.2 Å². The SMILES string of the molecule is COCCNc1ncc(-c2cccc([N+](=O)[O-])c2)s1. The van der Waals surface area contributed by atoms with Crippen molar-refractivity contribution in [3.8, 4) is 10.4 Å². The van der Waals surface area contributed by atoms with E-state index in [1.165, 1.54) is 17.4 Å². The molecular formula is C12H13N3O3S. The maximum atomic E-state index is 10.7. The Morgan fingerprint density at radius 1 is 1.53 bits per heavy atom. The molecule has 6 nitrogen and oxygen atoms in total. The third kappa shape index (κ3) is 3.49. The van der Waals surface area contributed by atoms with E-state index in [1.54, 1.807) is 25.4 Å². The van der Waals surface area contributed by atoms with Crippen LogP contribution in [0.15, 0.2) is 30.5 Å². The number of rotatable bonds is 6. The molecule has 1 heterocycles. The second kappa shape index (κ2) is 6.26. The molecular weight excluding hydrogens is 266 g/mol. The van der Waals surface area contributed by atoms with Crippen molar-refractivity contribution in [3.63, 3.8) is 0 Å². The fourth-order valence-corrected chi connectivity index (χ4v) is 2.36. The average Bonchev–Trinajstić information content (AvgIpc) is 2.88. The molecule has 2 aromatic rings. The number of hydrogen-bond donors (Lipinski definition) is 1. The molecule has 0 aliphatic heterocycles. The summed E-state index contributed by atoms with van der Waals surface area (Å²) >= 11 is 1.46. The Morgan fingerprint density at radius 3 is 3.11 bits per heavy atom. The molecule has 2 rings (SSSR count). The lowest BCUT2D eigenvalue weighted by atomic mass is 10.2. The Morgan fingerprint density at radius 2 is 2.37 bits per heavy atom. The van der Waals surface area contributed by atoms with Gasteiger partial charge in [0.05, 0.1) is 16.4 Å². The normalized spacial score (nSPS) is 10.4. The summed E-state index contributed by atoms with van der Waals surface area (Å²) in [6.07, 6.45) is 1.71. The minimum absolute atomic E-state index is 0.0831. The van der Waals surface area contributed by atoms with Gasteiger partial charge in [-0.25, -0.2) is 4.98 Å². The van der Waals surface area contributed by atoms with Crippen molar-refractivity contribution < 1.29 is 9.66 Å². The zero-order valence-corrected chi connectivity index (χ0v) is 11.1. The van der Waals surface area contributed by atoms with Crippen molar-refractivity contribution in [2.45, 2.75) is 0 Å². The second-order valence-electron chi connectivity index (χ2n) is 3.76. The summed E-state index contributed by atoms with van der Waals surface area (Å²) in [5, 5.41) is 14.6. The zero-order valence-electron chi connectivity index (χ0n) is 10.3. The fraction of sp³-hybridized carbons (Fsp3) is 0.250. The minimum Gasteiger partial charge on any atom is -0.383 e. The average molecular weight is 279 g/mol. The third-order valence-corrected chi connectivity index (χ3v) is 3.43. The first-order valence-electron chi connectivity index (χ1n) is 5.64. The van der Waals surface area contributed by atoms with Crippen LogP contribution >= 0.6 is 11.3 Å². The first-order valence-corrected chi connectivity index (χ1v) is 6.46. The van der Waals surface area contributed by atoms with E-state index in [9.17, 15) is 10.1 Å². The van der Waals surface area contributed by atoms with Crippen molar-refractivity contribution in [2.24, 2.45) is 0 Å². The molecule has 100 valence electrons. The molecule has 0 fully saturated rings.